The summed E-state index contributed by atoms with van der Waals surface area (Å²) in [5, 5.41) is 3.47. The van der Waals surface area contributed by atoms with E-state index < -0.39 is 0 Å². The number of likely N-dealkylation sites (N-methyl/N-ethyl adjacent to an activating group) is 1. The predicted octanol–water partition coefficient (Wildman–Crippen LogP) is 1.52. The van der Waals surface area contributed by atoms with Crippen molar-refractivity contribution in [2.45, 2.75) is 33.4 Å². The Kier molecular flexibility index (Phi) is 3.96. The van der Waals surface area contributed by atoms with Gasteiger partial charge in [-0.25, -0.2) is 4.98 Å². The fraction of sp³-hybridized carbons (Fsp3) is 0.700. The van der Waals surface area contributed by atoms with Crippen molar-refractivity contribution in [3.05, 3.63) is 18.7 Å². The molecule has 0 aliphatic rings. The number of hydrogen-bond donors (Lipinski definition) is 1. The summed E-state index contributed by atoms with van der Waals surface area (Å²) in [6, 6.07) is 0.541. The van der Waals surface area contributed by atoms with Crippen molar-refractivity contribution >= 4 is 0 Å². The van der Waals surface area contributed by atoms with Gasteiger partial charge in [-0.1, -0.05) is 20.8 Å². The second kappa shape index (κ2) is 5.02. The maximum Gasteiger partial charge on any atom is 0.0946 e. The summed E-state index contributed by atoms with van der Waals surface area (Å²) in [5.41, 5.74) is 0. The van der Waals surface area contributed by atoms with E-state index in [-0.39, 0.29) is 0 Å². The number of imidazole rings is 1. The van der Waals surface area contributed by atoms with Crippen LogP contribution in [0.2, 0.25) is 0 Å². The van der Waals surface area contributed by atoms with Gasteiger partial charge in [-0.2, -0.15) is 0 Å². The fourth-order valence-electron chi connectivity index (χ4n) is 1.40. The van der Waals surface area contributed by atoms with Crippen LogP contribution < -0.4 is 5.32 Å². The maximum atomic E-state index is 4.03. The topological polar surface area (TPSA) is 29.9 Å². The number of nitrogens with one attached hydrogen (secondary N) is 1. The monoisotopic (exact) mass is 181 g/mol. The average molecular weight is 181 g/mol. The van der Waals surface area contributed by atoms with Crippen LogP contribution in [0.15, 0.2) is 18.7 Å². The van der Waals surface area contributed by atoms with Gasteiger partial charge in [0.2, 0.25) is 0 Å². The third-order valence-corrected chi connectivity index (χ3v) is 2.24. The molecule has 1 unspecified atom stereocenters. The molecule has 3 heteroatoms. The van der Waals surface area contributed by atoms with Gasteiger partial charge < -0.3 is 9.88 Å². The van der Waals surface area contributed by atoms with Crippen molar-refractivity contribution in [2.24, 2.45) is 5.92 Å². The fourth-order valence-corrected chi connectivity index (χ4v) is 1.40. The molecule has 1 aromatic heterocycles. The minimum Gasteiger partial charge on any atom is -0.336 e. The van der Waals surface area contributed by atoms with Crippen molar-refractivity contribution < 1.29 is 0 Å². The normalized spacial score (nSPS) is 13.5. The molecule has 13 heavy (non-hydrogen) atoms. The summed E-state index contributed by atoms with van der Waals surface area (Å²) in [5.74, 6) is 0.655. The highest BCUT2D eigenvalue weighted by Crippen LogP contribution is 2.04. The lowest BCUT2D eigenvalue weighted by Crippen LogP contribution is -2.37. The zero-order valence-corrected chi connectivity index (χ0v) is 8.70. The van der Waals surface area contributed by atoms with Crippen molar-refractivity contribution in [1.29, 1.82) is 0 Å². The Bertz CT molecular complexity index is 216. The van der Waals surface area contributed by atoms with Gasteiger partial charge >= 0.3 is 0 Å². The number of hydrogen-bond acceptors (Lipinski definition) is 2. The molecule has 3 nitrogen and oxygen atoms in total. The highest BCUT2D eigenvalue weighted by atomic mass is 15.1. The Morgan fingerprint density at radius 1 is 1.46 bits per heavy atom. The molecule has 0 spiro atoms. The number of aromatic nitrogens is 2. The molecule has 0 aliphatic carbocycles. The summed E-state index contributed by atoms with van der Waals surface area (Å²) in [6.07, 6.45) is 5.70. The van der Waals surface area contributed by atoms with Crippen LogP contribution in [0.5, 0.6) is 0 Å². The van der Waals surface area contributed by atoms with Crippen molar-refractivity contribution in [3.63, 3.8) is 0 Å². The Morgan fingerprint density at radius 2 is 2.23 bits per heavy atom. The number of nitrogens with zero attached hydrogens (tertiary/aromatic N) is 2. The van der Waals surface area contributed by atoms with E-state index in [0.717, 1.165) is 13.1 Å². The molecule has 0 amide bonds. The van der Waals surface area contributed by atoms with E-state index in [4.69, 9.17) is 0 Å². The van der Waals surface area contributed by atoms with E-state index in [2.05, 4.69) is 35.6 Å². The Morgan fingerprint density at radius 3 is 2.69 bits per heavy atom. The molecule has 0 saturated heterocycles. The van der Waals surface area contributed by atoms with Gasteiger partial charge in [0.25, 0.3) is 0 Å². The first-order chi connectivity index (χ1) is 6.24. The van der Waals surface area contributed by atoms with Crippen LogP contribution in [0.4, 0.5) is 0 Å². The van der Waals surface area contributed by atoms with Gasteiger partial charge in [0.05, 0.1) is 6.33 Å². The van der Waals surface area contributed by atoms with Gasteiger partial charge in [0.15, 0.2) is 0 Å². The molecular formula is C10H19N3. The summed E-state index contributed by atoms with van der Waals surface area (Å²) >= 11 is 0. The van der Waals surface area contributed by atoms with E-state index in [9.17, 15) is 0 Å². The SMILES string of the molecule is CCNC(Cn1ccnc1)C(C)C. The van der Waals surface area contributed by atoms with Crippen LogP contribution in [0.25, 0.3) is 0 Å². The largest absolute Gasteiger partial charge is 0.336 e. The van der Waals surface area contributed by atoms with Crippen LogP contribution in [-0.4, -0.2) is 22.1 Å². The Labute approximate surface area is 80.2 Å². The summed E-state index contributed by atoms with van der Waals surface area (Å²) in [4.78, 5) is 4.03. The molecule has 0 bridgehead atoms. The van der Waals surface area contributed by atoms with Gasteiger partial charge in [-0.05, 0) is 12.5 Å². The van der Waals surface area contributed by atoms with E-state index in [1.54, 1.807) is 0 Å². The van der Waals surface area contributed by atoms with E-state index in [0.29, 0.717) is 12.0 Å². The molecule has 0 radical (unpaired) electrons. The molecule has 1 rings (SSSR count). The molecule has 1 atom stereocenters. The quantitative estimate of drug-likeness (QED) is 0.746. The summed E-state index contributed by atoms with van der Waals surface area (Å²) in [7, 11) is 0. The van der Waals surface area contributed by atoms with Crippen molar-refractivity contribution in [2.75, 3.05) is 6.54 Å². The van der Waals surface area contributed by atoms with Gasteiger partial charge in [0.1, 0.15) is 0 Å². The molecule has 1 aromatic rings. The van der Waals surface area contributed by atoms with Crippen LogP contribution in [0.3, 0.4) is 0 Å². The minimum atomic E-state index is 0.541. The van der Waals surface area contributed by atoms with E-state index in [1.807, 2.05) is 18.7 Å². The second-order valence-corrected chi connectivity index (χ2v) is 3.67. The zero-order valence-electron chi connectivity index (χ0n) is 8.70. The Balaban J connectivity index is 2.47. The van der Waals surface area contributed by atoms with Crippen molar-refractivity contribution in [1.82, 2.24) is 14.9 Å². The molecule has 0 saturated carbocycles. The van der Waals surface area contributed by atoms with Crippen molar-refractivity contribution in [3.8, 4) is 0 Å². The molecule has 0 fully saturated rings. The predicted molar refractivity (Wildman–Crippen MR) is 54.5 cm³/mol. The highest BCUT2D eigenvalue weighted by Gasteiger charge is 2.11. The first kappa shape index (κ1) is 10.3. The third-order valence-electron chi connectivity index (χ3n) is 2.24. The maximum absolute atomic E-state index is 4.03. The molecule has 0 aromatic carbocycles. The van der Waals surface area contributed by atoms with Crippen LogP contribution >= 0.6 is 0 Å². The van der Waals surface area contributed by atoms with Gasteiger partial charge in [-0.3, -0.25) is 0 Å². The second-order valence-electron chi connectivity index (χ2n) is 3.67. The lowest BCUT2D eigenvalue weighted by molar-refractivity contribution is 0.362. The van der Waals surface area contributed by atoms with Crippen LogP contribution in [0.1, 0.15) is 20.8 Å². The first-order valence-corrected chi connectivity index (χ1v) is 4.93. The zero-order chi connectivity index (χ0) is 9.68. The highest BCUT2D eigenvalue weighted by molar-refractivity contribution is 4.79. The smallest absolute Gasteiger partial charge is 0.0946 e. The van der Waals surface area contributed by atoms with Crippen LogP contribution in [-0.2, 0) is 6.54 Å². The molecule has 74 valence electrons. The molecule has 1 N–H and O–H groups in total. The molecule has 0 aliphatic heterocycles. The lowest BCUT2D eigenvalue weighted by Gasteiger charge is -2.21. The van der Waals surface area contributed by atoms with Gasteiger partial charge in [0, 0.05) is 25.0 Å². The number of rotatable bonds is 5. The minimum absolute atomic E-state index is 0.541. The summed E-state index contributed by atoms with van der Waals surface area (Å²) < 4.78 is 2.12. The molecule has 1 heterocycles. The van der Waals surface area contributed by atoms with Crippen LogP contribution in [0, 0.1) is 5.92 Å². The first-order valence-electron chi connectivity index (χ1n) is 4.93. The summed E-state index contributed by atoms with van der Waals surface area (Å²) in [6.45, 7) is 8.65. The van der Waals surface area contributed by atoms with E-state index in [1.165, 1.54) is 0 Å². The standard InChI is InChI=1S/C10H19N3/c1-4-12-10(9(2)3)7-13-6-5-11-8-13/h5-6,8-10,12H,4,7H2,1-3H3. The van der Waals surface area contributed by atoms with E-state index >= 15 is 0 Å². The lowest BCUT2D eigenvalue weighted by atomic mass is 10.0. The average Bonchev–Trinajstić information content (AvgIpc) is 2.56. The Hall–Kier alpha value is -0.830. The third kappa shape index (κ3) is 3.19. The molecular weight excluding hydrogens is 162 g/mol. The van der Waals surface area contributed by atoms with Gasteiger partial charge in [-0.15, -0.1) is 0 Å².